The average molecular weight is 272 g/mol. The van der Waals surface area contributed by atoms with Crippen molar-refractivity contribution < 1.29 is 0 Å². The number of rotatable bonds is 8. The van der Waals surface area contributed by atoms with E-state index in [-0.39, 0.29) is 0 Å². The average Bonchev–Trinajstić information content (AvgIpc) is 2.62. The Morgan fingerprint density at radius 2 is 2.06 bits per heavy atom. The summed E-state index contributed by atoms with van der Waals surface area (Å²) >= 11 is 3.76. The summed E-state index contributed by atoms with van der Waals surface area (Å²) in [6.07, 6.45) is 6.13. The van der Waals surface area contributed by atoms with Crippen molar-refractivity contribution in [1.29, 1.82) is 0 Å². The van der Waals surface area contributed by atoms with Crippen LogP contribution in [0.5, 0.6) is 0 Å². The molecule has 0 aromatic carbocycles. The van der Waals surface area contributed by atoms with E-state index in [1.807, 2.05) is 23.1 Å². The van der Waals surface area contributed by atoms with Crippen LogP contribution >= 0.6 is 23.1 Å². The molecule has 1 rings (SSSR count). The van der Waals surface area contributed by atoms with Gasteiger partial charge in [0.15, 0.2) is 0 Å². The summed E-state index contributed by atoms with van der Waals surface area (Å²) in [6, 6.07) is 0.446. The summed E-state index contributed by atoms with van der Waals surface area (Å²) in [5, 5.41) is 4.77. The molecule has 1 atom stereocenters. The van der Waals surface area contributed by atoms with Crippen LogP contribution < -0.4 is 5.32 Å². The zero-order valence-corrected chi connectivity index (χ0v) is 13.0. The lowest BCUT2D eigenvalue weighted by molar-refractivity contribution is 0.548. The quantitative estimate of drug-likeness (QED) is 0.726. The molecule has 0 saturated carbocycles. The first-order valence-corrected chi connectivity index (χ1v) is 8.52. The van der Waals surface area contributed by atoms with Gasteiger partial charge in [-0.15, -0.1) is 11.3 Å². The van der Waals surface area contributed by atoms with Gasteiger partial charge in [0.2, 0.25) is 0 Å². The number of thioether (sulfide) groups is 1. The number of hydrogen-bond acceptors (Lipinski definition) is 4. The van der Waals surface area contributed by atoms with E-state index in [1.165, 1.54) is 40.6 Å². The van der Waals surface area contributed by atoms with E-state index in [9.17, 15) is 0 Å². The van der Waals surface area contributed by atoms with Crippen LogP contribution in [0, 0.1) is 13.8 Å². The van der Waals surface area contributed by atoms with Crippen molar-refractivity contribution in [3.63, 3.8) is 0 Å². The van der Waals surface area contributed by atoms with Crippen molar-refractivity contribution in [1.82, 2.24) is 10.3 Å². The zero-order chi connectivity index (χ0) is 12.7. The van der Waals surface area contributed by atoms with Gasteiger partial charge in [-0.05, 0) is 52.2 Å². The lowest BCUT2D eigenvalue weighted by Gasteiger charge is -2.12. The van der Waals surface area contributed by atoms with Crippen LogP contribution in [0.15, 0.2) is 0 Å². The first-order valence-electron chi connectivity index (χ1n) is 6.31. The summed E-state index contributed by atoms with van der Waals surface area (Å²) in [5.74, 6) is 1.29. The first-order chi connectivity index (χ1) is 8.15. The Labute approximate surface area is 114 Å². The predicted molar refractivity (Wildman–Crippen MR) is 80.2 cm³/mol. The lowest BCUT2D eigenvalue weighted by atomic mass is 10.2. The molecule has 0 spiro atoms. The van der Waals surface area contributed by atoms with E-state index in [2.05, 4.69) is 37.3 Å². The Balaban J connectivity index is 2.21. The number of hydrogen-bond donors (Lipinski definition) is 1. The van der Waals surface area contributed by atoms with Gasteiger partial charge in [0.05, 0.1) is 10.7 Å². The van der Waals surface area contributed by atoms with Crippen LogP contribution in [0.1, 0.15) is 47.8 Å². The van der Waals surface area contributed by atoms with Gasteiger partial charge in [-0.25, -0.2) is 4.98 Å². The topological polar surface area (TPSA) is 24.9 Å². The van der Waals surface area contributed by atoms with E-state index in [0.717, 1.165) is 6.54 Å². The molecule has 17 heavy (non-hydrogen) atoms. The number of nitrogens with one attached hydrogen (secondary N) is 1. The van der Waals surface area contributed by atoms with E-state index in [1.54, 1.807) is 0 Å². The Morgan fingerprint density at radius 3 is 2.65 bits per heavy atom. The highest BCUT2D eigenvalue weighted by Gasteiger charge is 2.11. The van der Waals surface area contributed by atoms with Crippen LogP contribution in [0.25, 0.3) is 0 Å². The molecule has 0 bridgehead atoms. The second-order valence-electron chi connectivity index (χ2n) is 4.41. The van der Waals surface area contributed by atoms with Crippen molar-refractivity contribution >= 4 is 23.1 Å². The van der Waals surface area contributed by atoms with Crippen molar-refractivity contribution in [2.45, 2.75) is 46.1 Å². The fraction of sp³-hybridized carbons (Fsp3) is 0.769. The third kappa shape index (κ3) is 5.40. The Morgan fingerprint density at radius 1 is 1.29 bits per heavy atom. The van der Waals surface area contributed by atoms with Crippen LogP contribution in [-0.2, 0) is 0 Å². The van der Waals surface area contributed by atoms with Crippen LogP contribution in [0.2, 0.25) is 0 Å². The fourth-order valence-corrected chi connectivity index (χ4v) is 3.36. The molecular weight excluding hydrogens is 248 g/mol. The molecule has 1 aromatic rings. The minimum absolute atomic E-state index is 0.446. The van der Waals surface area contributed by atoms with Crippen LogP contribution in [-0.4, -0.2) is 23.5 Å². The van der Waals surface area contributed by atoms with Gasteiger partial charge in [0.25, 0.3) is 0 Å². The molecule has 0 aliphatic carbocycles. The highest BCUT2D eigenvalue weighted by molar-refractivity contribution is 7.98. The molecule has 4 heteroatoms. The van der Waals surface area contributed by atoms with Gasteiger partial charge in [0, 0.05) is 10.9 Å². The summed E-state index contributed by atoms with van der Waals surface area (Å²) in [6.45, 7) is 7.54. The molecule has 0 saturated heterocycles. The lowest BCUT2D eigenvalue weighted by Crippen LogP contribution is -2.19. The third-order valence-electron chi connectivity index (χ3n) is 2.81. The highest BCUT2D eigenvalue weighted by Crippen LogP contribution is 2.24. The number of aryl methyl sites for hydroxylation is 2. The van der Waals surface area contributed by atoms with Gasteiger partial charge >= 0.3 is 0 Å². The molecule has 0 aliphatic rings. The zero-order valence-electron chi connectivity index (χ0n) is 11.4. The summed E-state index contributed by atoms with van der Waals surface area (Å²) in [5.41, 5.74) is 1.19. The SMILES string of the molecule is CSCCCCCNC(C)c1sc(C)nc1C. The molecular formula is C13H24N2S2. The maximum atomic E-state index is 4.48. The minimum atomic E-state index is 0.446. The normalized spacial score (nSPS) is 12.9. The first kappa shape index (κ1) is 15.0. The standard InChI is InChI=1S/C13H24N2S2/c1-10(13-11(2)15-12(3)17-13)14-8-6-5-7-9-16-4/h10,14H,5-9H2,1-4H3. The van der Waals surface area contributed by atoms with Gasteiger partial charge in [-0.3, -0.25) is 0 Å². The van der Waals surface area contributed by atoms with Gasteiger partial charge in [-0.2, -0.15) is 11.8 Å². The number of unbranched alkanes of at least 4 members (excludes halogenated alkanes) is 2. The van der Waals surface area contributed by atoms with E-state index >= 15 is 0 Å². The second kappa shape index (κ2) is 8.11. The smallest absolute Gasteiger partial charge is 0.0900 e. The van der Waals surface area contributed by atoms with Crippen LogP contribution in [0.4, 0.5) is 0 Å². The van der Waals surface area contributed by atoms with E-state index in [0.29, 0.717) is 6.04 Å². The van der Waals surface area contributed by atoms with Crippen molar-refractivity contribution in [2.75, 3.05) is 18.6 Å². The monoisotopic (exact) mass is 272 g/mol. The molecule has 0 aliphatic heterocycles. The molecule has 1 aromatic heterocycles. The maximum absolute atomic E-state index is 4.48. The van der Waals surface area contributed by atoms with Crippen molar-refractivity contribution in [3.8, 4) is 0 Å². The summed E-state index contributed by atoms with van der Waals surface area (Å²) < 4.78 is 0. The van der Waals surface area contributed by atoms with Crippen molar-refractivity contribution in [3.05, 3.63) is 15.6 Å². The third-order valence-corrected chi connectivity index (χ3v) is 4.76. The molecule has 1 unspecified atom stereocenters. The molecule has 98 valence electrons. The minimum Gasteiger partial charge on any atom is -0.309 e. The Kier molecular flexibility index (Phi) is 7.16. The van der Waals surface area contributed by atoms with Gasteiger partial charge in [-0.1, -0.05) is 6.42 Å². The van der Waals surface area contributed by atoms with E-state index < -0.39 is 0 Å². The van der Waals surface area contributed by atoms with Gasteiger partial charge < -0.3 is 5.32 Å². The predicted octanol–water partition coefficient (Wildman–Crippen LogP) is 3.94. The molecule has 2 nitrogen and oxygen atoms in total. The maximum Gasteiger partial charge on any atom is 0.0900 e. The number of nitrogens with zero attached hydrogens (tertiary/aromatic N) is 1. The molecule has 1 heterocycles. The fourth-order valence-electron chi connectivity index (χ4n) is 1.91. The van der Waals surface area contributed by atoms with E-state index in [4.69, 9.17) is 0 Å². The highest BCUT2D eigenvalue weighted by atomic mass is 32.2. The van der Waals surface area contributed by atoms with Gasteiger partial charge in [0.1, 0.15) is 0 Å². The molecule has 0 amide bonds. The van der Waals surface area contributed by atoms with Crippen LogP contribution in [0.3, 0.4) is 0 Å². The molecule has 0 fully saturated rings. The largest absolute Gasteiger partial charge is 0.309 e. The summed E-state index contributed by atoms with van der Waals surface area (Å²) in [4.78, 5) is 5.87. The number of aromatic nitrogens is 1. The summed E-state index contributed by atoms with van der Waals surface area (Å²) in [7, 11) is 0. The Hall–Kier alpha value is -0.0600. The van der Waals surface area contributed by atoms with Crippen molar-refractivity contribution in [2.24, 2.45) is 0 Å². The molecule has 1 N–H and O–H groups in total. The Bertz CT molecular complexity index is 323. The second-order valence-corrected chi connectivity index (χ2v) is 6.63. The number of thiazole rings is 1. The molecule has 0 radical (unpaired) electrons.